The van der Waals surface area contributed by atoms with Crippen LogP contribution in [0.3, 0.4) is 0 Å². The monoisotopic (exact) mass is 349 g/mol. The van der Waals surface area contributed by atoms with Crippen LogP contribution in [0.4, 0.5) is 13.2 Å². The van der Waals surface area contributed by atoms with E-state index >= 15 is 0 Å². The van der Waals surface area contributed by atoms with Crippen LogP contribution in [0.1, 0.15) is 23.1 Å². The van der Waals surface area contributed by atoms with Gasteiger partial charge in [0.2, 0.25) is 0 Å². The number of hydrogen-bond donors (Lipinski definition) is 0. The molecule has 1 aliphatic heterocycles. The zero-order valence-electron chi connectivity index (χ0n) is 12.8. The second-order valence-electron chi connectivity index (χ2n) is 5.66. The van der Waals surface area contributed by atoms with Crippen LogP contribution < -0.4 is 0 Å². The summed E-state index contributed by atoms with van der Waals surface area (Å²) >= 11 is 5.99. The molecule has 0 aromatic heterocycles. The smallest absolute Gasteiger partial charge is 0.256 e. The van der Waals surface area contributed by atoms with E-state index in [4.69, 9.17) is 11.6 Å². The van der Waals surface area contributed by atoms with E-state index in [2.05, 4.69) is 4.99 Å². The number of alkyl halides is 4. The minimum Gasteiger partial charge on any atom is -0.256 e. The molecule has 0 saturated heterocycles. The van der Waals surface area contributed by atoms with Gasteiger partial charge in [-0.2, -0.15) is 13.2 Å². The molecule has 0 saturated carbocycles. The highest BCUT2D eigenvalue weighted by Gasteiger charge is 2.30. The summed E-state index contributed by atoms with van der Waals surface area (Å²) in [6, 6.07) is 15.1. The van der Waals surface area contributed by atoms with Crippen LogP contribution in [0.5, 0.6) is 0 Å². The van der Waals surface area contributed by atoms with Crippen molar-refractivity contribution in [2.75, 3.05) is 5.88 Å². The maximum atomic E-state index is 12.7. The Hall–Kier alpha value is -2.07. The fourth-order valence-corrected chi connectivity index (χ4v) is 2.98. The van der Waals surface area contributed by atoms with Crippen molar-refractivity contribution in [2.45, 2.75) is 19.0 Å². The number of allylic oxidation sites excluding steroid dienone is 2. The van der Waals surface area contributed by atoms with Gasteiger partial charge in [-0.05, 0) is 35.3 Å². The van der Waals surface area contributed by atoms with Crippen LogP contribution >= 0.6 is 11.6 Å². The summed E-state index contributed by atoms with van der Waals surface area (Å²) in [7, 11) is 0. The van der Waals surface area contributed by atoms with E-state index in [1.54, 1.807) is 0 Å². The van der Waals surface area contributed by atoms with Crippen LogP contribution in [-0.2, 0) is 12.6 Å². The highest BCUT2D eigenvalue weighted by atomic mass is 35.5. The minimum atomic E-state index is -4.33. The van der Waals surface area contributed by atoms with Crippen molar-refractivity contribution in [3.63, 3.8) is 0 Å². The molecule has 3 rings (SSSR count). The average molecular weight is 350 g/mol. The summed E-state index contributed by atoms with van der Waals surface area (Å²) in [5.41, 5.74) is 3.92. The van der Waals surface area contributed by atoms with Crippen LogP contribution in [0.2, 0.25) is 0 Å². The van der Waals surface area contributed by atoms with Gasteiger partial charge in [0.05, 0.1) is 22.9 Å². The van der Waals surface area contributed by atoms with Gasteiger partial charge in [0.15, 0.2) is 0 Å². The molecule has 1 heterocycles. The molecule has 0 fully saturated rings. The molecule has 0 N–H and O–H groups in total. The molecule has 0 bridgehead atoms. The predicted octanol–water partition coefficient (Wildman–Crippen LogP) is 5.63. The Kier molecular flexibility index (Phi) is 4.76. The molecule has 0 radical (unpaired) electrons. The van der Waals surface area contributed by atoms with Crippen molar-refractivity contribution < 1.29 is 13.2 Å². The molecule has 2 aromatic rings. The number of benzene rings is 2. The van der Waals surface area contributed by atoms with E-state index < -0.39 is 11.7 Å². The second-order valence-corrected chi connectivity index (χ2v) is 5.92. The lowest BCUT2D eigenvalue weighted by molar-refractivity contribution is -0.137. The lowest BCUT2D eigenvalue weighted by Crippen LogP contribution is -2.06. The van der Waals surface area contributed by atoms with E-state index in [0.717, 1.165) is 35.5 Å². The van der Waals surface area contributed by atoms with E-state index in [1.807, 2.05) is 30.3 Å². The summed E-state index contributed by atoms with van der Waals surface area (Å²) in [6.07, 6.45) is -2.97. The first-order valence-corrected chi connectivity index (χ1v) is 8.07. The van der Waals surface area contributed by atoms with E-state index in [-0.39, 0.29) is 0 Å². The molecule has 0 spiro atoms. The number of nitrogens with zero attached hydrogens (tertiary/aromatic N) is 1. The van der Waals surface area contributed by atoms with Gasteiger partial charge in [-0.1, -0.05) is 42.5 Å². The highest BCUT2D eigenvalue weighted by molar-refractivity contribution is 6.20. The van der Waals surface area contributed by atoms with Gasteiger partial charge in [-0.3, -0.25) is 4.99 Å². The number of rotatable bonds is 4. The topological polar surface area (TPSA) is 12.4 Å². The first-order chi connectivity index (χ1) is 11.5. The number of aliphatic imine (C=N–C) groups is 1. The van der Waals surface area contributed by atoms with Crippen LogP contribution in [-0.4, -0.2) is 11.6 Å². The average Bonchev–Trinajstić information content (AvgIpc) is 2.98. The van der Waals surface area contributed by atoms with Gasteiger partial charge in [0.25, 0.3) is 0 Å². The zero-order chi connectivity index (χ0) is 17.2. The predicted molar refractivity (Wildman–Crippen MR) is 90.5 cm³/mol. The van der Waals surface area contributed by atoms with Crippen molar-refractivity contribution >= 4 is 17.3 Å². The van der Waals surface area contributed by atoms with E-state index in [9.17, 15) is 13.2 Å². The summed E-state index contributed by atoms with van der Waals surface area (Å²) in [6.45, 7) is 0. The second kappa shape index (κ2) is 6.81. The highest BCUT2D eigenvalue weighted by Crippen LogP contribution is 2.31. The molecule has 1 nitrogen and oxygen atoms in total. The van der Waals surface area contributed by atoms with Gasteiger partial charge in [0.1, 0.15) is 0 Å². The van der Waals surface area contributed by atoms with Gasteiger partial charge < -0.3 is 0 Å². The molecule has 5 heteroatoms. The molecule has 24 heavy (non-hydrogen) atoms. The SMILES string of the molecule is FC(F)(F)c1ccc(C2=NC(CCl)=C(Cc3ccccc3)C2)cc1. The van der Waals surface area contributed by atoms with Crippen LogP contribution in [0.15, 0.2) is 70.9 Å². The summed E-state index contributed by atoms with van der Waals surface area (Å²) < 4.78 is 38.0. The lowest BCUT2D eigenvalue weighted by Gasteiger charge is -2.08. The Bertz CT molecular complexity index is 775. The summed E-state index contributed by atoms with van der Waals surface area (Å²) in [4.78, 5) is 4.53. The maximum absolute atomic E-state index is 12.7. The molecule has 0 atom stereocenters. The molecular formula is C19H15ClF3N. The first kappa shape index (κ1) is 16.8. The van der Waals surface area contributed by atoms with Crippen LogP contribution in [0.25, 0.3) is 0 Å². The largest absolute Gasteiger partial charge is 0.416 e. The molecule has 124 valence electrons. The quantitative estimate of drug-likeness (QED) is 0.634. The van der Waals surface area contributed by atoms with Gasteiger partial charge >= 0.3 is 6.18 Å². The maximum Gasteiger partial charge on any atom is 0.416 e. The van der Waals surface area contributed by atoms with Crippen molar-refractivity contribution in [3.8, 4) is 0 Å². The minimum absolute atomic E-state index is 0.298. The Labute approximate surface area is 143 Å². The third kappa shape index (κ3) is 3.70. The standard InChI is InChI=1S/C19H15ClF3N/c20-12-18-15(10-13-4-2-1-3-5-13)11-17(24-18)14-6-8-16(9-7-14)19(21,22)23/h1-9H,10-12H2. The molecule has 1 aliphatic rings. The fraction of sp³-hybridized carbons (Fsp3) is 0.211. The third-order valence-corrected chi connectivity index (χ3v) is 4.24. The van der Waals surface area contributed by atoms with E-state index in [1.165, 1.54) is 17.7 Å². The number of hydrogen-bond acceptors (Lipinski definition) is 1. The molecule has 0 aliphatic carbocycles. The first-order valence-electron chi connectivity index (χ1n) is 7.53. The Balaban J connectivity index is 1.78. The lowest BCUT2D eigenvalue weighted by atomic mass is 9.98. The fourth-order valence-electron chi connectivity index (χ4n) is 2.74. The van der Waals surface area contributed by atoms with Gasteiger partial charge in [0, 0.05) is 6.42 Å². The van der Waals surface area contributed by atoms with Crippen molar-refractivity contribution in [1.29, 1.82) is 0 Å². The summed E-state index contributed by atoms with van der Waals surface area (Å²) in [5, 5.41) is 0. The third-order valence-electron chi connectivity index (χ3n) is 3.99. The van der Waals surface area contributed by atoms with Crippen molar-refractivity contribution in [3.05, 3.63) is 82.6 Å². The Morgan fingerprint density at radius 3 is 2.21 bits per heavy atom. The molecule has 0 unspecified atom stereocenters. The Morgan fingerprint density at radius 2 is 1.62 bits per heavy atom. The number of halogens is 4. The Morgan fingerprint density at radius 1 is 0.958 bits per heavy atom. The van der Waals surface area contributed by atoms with Gasteiger partial charge in [-0.25, -0.2) is 0 Å². The zero-order valence-corrected chi connectivity index (χ0v) is 13.5. The normalized spacial score (nSPS) is 14.9. The molecule has 2 aromatic carbocycles. The van der Waals surface area contributed by atoms with E-state index in [0.29, 0.717) is 17.9 Å². The molecule has 0 amide bonds. The molecular weight excluding hydrogens is 335 g/mol. The van der Waals surface area contributed by atoms with Gasteiger partial charge in [-0.15, -0.1) is 11.6 Å². The summed E-state index contributed by atoms with van der Waals surface area (Å²) in [5.74, 6) is 0.298. The van der Waals surface area contributed by atoms with Crippen molar-refractivity contribution in [1.82, 2.24) is 0 Å². The van der Waals surface area contributed by atoms with Crippen LogP contribution in [0, 0.1) is 0 Å². The van der Waals surface area contributed by atoms with Crippen molar-refractivity contribution in [2.24, 2.45) is 4.99 Å².